The minimum Gasteiger partial charge on any atom is -0.212 e. The molecule has 1 saturated carbocycles. The van der Waals surface area contributed by atoms with Gasteiger partial charge in [-0.2, -0.15) is 9.98 Å². The van der Waals surface area contributed by atoms with Crippen molar-refractivity contribution in [1.82, 2.24) is 4.72 Å². The Morgan fingerprint density at radius 1 is 1.30 bits per heavy atom. The van der Waals surface area contributed by atoms with Crippen LogP contribution in [0.25, 0.3) is 0 Å². The number of hydrogen-bond donors (Lipinski definition) is 1. The lowest BCUT2D eigenvalue weighted by Crippen LogP contribution is -2.50. The molecule has 0 spiro atoms. The quantitative estimate of drug-likeness (QED) is 0.847. The molecule has 4 nitrogen and oxygen atoms in total. The zero-order chi connectivity index (χ0) is 15.4. The lowest BCUT2D eigenvalue weighted by molar-refractivity contribution is 0.258. The van der Waals surface area contributed by atoms with E-state index in [0.29, 0.717) is 25.2 Å². The highest BCUT2D eigenvalue weighted by atomic mass is 32.2. The van der Waals surface area contributed by atoms with Gasteiger partial charge < -0.3 is 0 Å². The second-order valence-electron chi connectivity index (χ2n) is 7.28. The maximum atomic E-state index is 12.2. The average molecular weight is 300 g/mol. The molecule has 1 fully saturated rings. The fraction of sp³-hybridized carbons (Fsp3) is 0.933. The van der Waals surface area contributed by atoms with E-state index in [4.69, 9.17) is 0 Å². The molecule has 0 aromatic heterocycles. The monoisotopic (exact) mass is 300 g/mol. The van der Waals surface area contributed by atoms with Crippen molar-refractivity contribution in [2.24, 2.45) is 11.3 Å². The van der Waals surface area contributed by atoms with Gasteiger partial charge in [-0.15, -0.1) is 0 Å². The van der Waals surface area contributed by atoms with Crippen molar-refractivity contribution in [1.29, 1.82) is 5.26 Å². The van der Waals surface area contributed by atoms with Crippen LogP contribution in [0.4, 0.5) is 0 Å². The highest BCUT2D eigenvalue weighted by Gasteiger charge is 2.38. The summed E-state index contributed by atoms with van der Waals surface area (Å²) >= 11 is 0. The van der Waals surface area contributed by atoms with Gasteiger partial charge >= 0.3 is 0 Å². The molecule has 0 unspecified atom stereocenters. The van der Waals surface area contributed by atoms with Gasteiger partial charge in [-0.05, 0) is 43.4 Å². The fourth-order valence-corrected chi connectivity index (χ4v) is 4.43. The summed E-state index contributed by atoms with van der Waals surface area (Å²) in [5, 5.41) is 9.41. The van der Waals surface area contributed by atoms with Gasteiger partial charge in [0.05, 0.1) is 11.8 Å². The topological polar surface area (TPSA) is 70.0 Å². The summed E-state index contributed by atoms with van der Waals surface area (Å²) in [6, 6.07) is 2.23. The van der Waals surface area contributed by atoms with Crippen molar-refractivity contribution in [3.63, 3.8) is 0 Å². The Labute approximate surface area is 124 Å². The summed E-state index contributed by atoms with van der Waals surface area (Å²) in [6.07, 6.45) is 4.85. The molecular formula is C15H28N2O2S. The number of hydrogen-bond acceptors (Lipinski definition) is 3. The Morgan fingerprint density at radius 2 is 1.85 bits per heavy atom. The predicted molar refractivity (Wildman–Crippen MR) is 81.6 cm³/mol. The van der Waals surface area contributed by atoms with E-state index >= 15 is 0 Å². The van der Waals surface area contributed by atoms with E-state index in [1.165, 1.54) is 0 Å². The first-order valence-corrected chi connectivity index (χ1v) is 9.19. The molecule has 0 aliphatic heterocycles. The minimum absolute atomic E-state index is 0.0194. The first-order valence-electron chi connectivity index (χ1n) is 7.54. The number of nitrogens with one attached hydrogen (secondary N) is 1. The third-order valence-electron chi connectivity index (χ3n) is 4.22. The van der Waals surface area contributed by atoms with E-state index in [2.05, 4.69) is 17.7 Å². The Bertz CT molecular complexity index is 449. The van der Waals surface area contributed by atoms with Gasteiger partial charge in [0.1, 0.15) is 5.54 Å². The maximum Gasteiger partial charge on any atom is 0.212 e. The lowest BCUT2D eigenvalue weighted by Gasteiger charge is -2.35. The van der Waals surface area contributed by atoms with Gasteiger partial charge in [0, 0.05) is 0 Å². The Hall–Kier alpha value is -0.600. The molecule has 0 atom stereocenters. The Kier molecular flexibility index (Phi) is 5.62. The zero-order valence-electron chi connectivity index (χ0n) is 13.2. The van der Waals surface area contributed by atoms with Crippen LogP contribution in [-0.2, 0) is 10.0 Å². The Morgan fingerprint density at radius 3 is 2.25 bits per heavy atom. The van der Waals surface area contributed by atoms with Gasteiger partial charge in [0.15, 0.2) is 0 Å². The molecule has 5 heteroatoms. The summed E-state index contributed by atoms with van der Waals surface area (Å²) in [5.74, 6) is 0.729. The SMILES string of the molecule is CCC1CCC(C#N)(NS(=O)(=O)CCC(C)(C)C)CC1. The molecule has 20 heavy (non-hydrogen) atoms. The predicted octanol–water partition coefficient (Wildman–Crippen LogP) is 3.20. The van der Waals surface area contributed by atoms with E-state index in [9.17, 15) is 13.7 Å². The van der Waals surface area contributed by atoms with Gasteiger partial charge in [-0.3, -0.25) is 0 Å². The van der Waals surface area contributed by atoms with Crippen molar-refractivity contribution in [3.8, 4) is 6.07 Å². The lowest BCUT2D eigenvalue weighted by atomic mass is 9.77. The highest BCUT2D eigenvalue weighted by Crippen LogP contribution is 2.34. The van der Waals surface area contributed by atoms with Crippen LogP contribution in [0.1, 0.15) is 66.2 Å². The Balaban J connectivity index is 2.67. The maximum absolute atomic E-state index is 12.2. The van der Waals surface area contributed by atoms with Gasteiger partial charge in [0.25, 0.3) is 0 Å². The van der Waals surface area contributed by atoms with E-state index in [-0.39, 0.29) is 11.2 Å². The second-order valence-corrected chi connectivity index (χ2v) is 9.12. The van der Waals surface area contributed by atoms with Crippen LogP contribution < -0.4 is 4.72 Å². The minimum atomic E-state index is -3.38. The second kappa shape index (κ2) is 6.44. The third kappa shape index (κ3) is 5.41. The van der Waals surface area contributed by atoms with Crippen molar-refractivity contribution < 1.29 is 8.42 Å². The molecule has 116 valence electrons. The van der Waals surface area contributed by atoms with E-state index in [0.717, 1.165) is 19.3 Å². The summed E-state index contributed by atoms with van der Waals surface area (Å²) in [5.41, 5.74) is -0.892. The molecule has 0 radical (unpaired) electrons. The fourth-order valence-electron chi connectivity index (χ4n) is 2.60. The number of rotatable bonds is 5. The number of nitriles is 1. The summed E-state index contributed by atoms with van der Waals surface area (Å²) in [4.78, 5) is 0. The molecule has 1 rings (SSSR count). The normalized spacial score (nSPS) is 28.1. The van der Waals surface area contributed by atoms with E-state index in [1.807, 2.05) is 20.8 Å². The highest BCUT2D eigenvalue weighted by molar-refractivity contribution is 7.89. The molecule has 0 amide bonds. The van der Waals surface area contributed by atoms with Crippen LogP contribution in [0, 0.1) is 22.7 Å². The number of sulfonamides is 1. The molecule has 1 aliphatic rings. The van der Waals surface area contributed by atoms with Crippen molar-refractivity contribution >= 4 is 10.0 Å². The van der Waals surface area contributed by atoms with Crippen molar-refractivity contribution in [3.05, 3.63) is 0 Å². The third-order valence-corrected chi connectivity index (χ3v) is 5.67. The number of nitrogens with zero attached hydrogens (tertiary/aromatic N) is 1. The van der Waals surface area contributed by atoms with Crippen LogP contribution in [0.5, 0.6) is 0 Å². The van der Waals surface area contributed by atoms with Gasteiger partial charge in [-0.1, -0.05) is 34.1 Å². The average Bonchev–Trinajstić information content (AvgIpc) is 2.36. The van der Waals surface area contributed by atoms with Crippen LogP contribution in [-0.4, -0.2) is 19.7 Å². The molecule has 0 heterocycles. The standard InChI is InChI=1S/C15H28N2O2S/c1-5-13-6-8-15(12-16,9-7-13)17-20(18,19)11-10-14(2,3)4/h13,17H,5-11H2,1-4H3. The largest absolute Gasteiger partial charge is 0.212 e. The van der Waals surface area contributed by atoms with E-state index < -0.39 is 15.6 Å². The molecule has 1 aliphatic carbocycles. The smallest absolute Gasteiger partial charge is 0.212 e. The van der Waals surface area contributed by atoms with Crippen LogP contribution in [0.3, 0.4) is 0 Å². The first-order chi connectivity index (χ1) is 9.11. The van der Waals surface area contributed by atoms with Crippen LogP contribution in [0.15, 0.2) is 0 Å². The van der Waals surface area contributed by atoms with Crippen LogP contribution >= 0.6 is 0 Å². The summed E-state index contributed by atoms with van der Waals surface area (Å²) in [6.45, 7) is 8.22. The zero-order valence-corrected chi connectivity index (χ0v) is 14.0. The van der Waals surface area contributed by atoms with Crippen molar-refractivity contribution in [2.45, 2.75) is 71.8 Å². The molecule has 0 aromatic carbocycles. The van der Waals surface area contributed by atoms with Gasteiger partial charge in [0.2, 0.25) is 10.0 Å². The molecule has 0 aromatic rings. The first kappa shape index (κ1) is 17.5. The molecular weight excluding hydrogens is 272 g/mol. The van der Waals surface area contributed by atoms with Gasteiger partial charge in [-0.25, -0.2) is 8.42 Å². The summed E-state index contributed by atoms with van der Waals surface area (Å²) < 4.78 is 27.1. The molecule has 0 saturated heterocycles. The summed E-state index contributed by atoms with van der Waals surface area (Å²) in [7, 11) is -3.38. The van der Waals surface area contributed by atoms with Crippen LogP contribution in [0.2, 0.25) is 0 Å². The molecule has 0 bridgehead atoms. The van der Waals surface area contributed by atoms with Crippen molar-refractivity contribution in [2.75, 3.05) is 5.75 Å². The molecule has 1 N–H and O–H groups in total. The van der Waals surface area contributed by atoms with E-state index in [1.54, 1.807) is 0 Å².